The molecule has 3 fully saturated rings. The van der Waals surface area contributed by atoms with Crippen molar-refractivity contribution in [2.75, 3.05) is 18.0 Å². The van der Waals surface area contributed by atoms with Gasteiger partial charge in [-0.05, 0) is 43.9 Å². The minimum Gasteiger partial charge on any atom is -0.274 e. The SMILES string of the molecule is Cc1cc(C)c(N2C(=O)[C@@H]3[C@@H](c4ccccc4)N4CCCN4[C@H]3C2=O)c(C)c1. The largest absolute Gasteiger partial charge is 0.274 e. The number of nitrogens with zero attached hydrogens (tertiary/aromatic N) is 3. The predicted octanol–water partition coefficient (Wildman–Crippen LogP) is 3.15. The summed E-state index contributed by atoms with van der Waals surface area (Å²) in [4.78, 5) is 28.7. The molecule has 2 aromatic carbocycles. The maximum Gasteiger partial charge on any atom is 0.253 e. The lowest BCUT2D eigenvalue weighted by molar-refractivity contribution is -0.126. The molecule has 3 heterocycles. The van der Waals surface area contributed by atoms with Crippen molar-refractivity contribution in [1.29, 1.82) is 0 Å². The fourth-order valence-corrected chi connectivity index (χ4v) is 5.51. The van der Waals surface area contributed by atoms with Crippen LogP contribution in [-0.2, 0) is 9.59 Å². The quantitative estimate of drug-likeness (QED) is 0.757. The molecular weight excluding hydrogens is 350 g/mol. The number of rotatable bonds is 2. The van der Waals surface area contributed by atoms with E-state index in [9.17, 15) is 9.59 Å². The summed E-state index contributed by atoms with van der Waals surface area (Å²) in [6.45, 7) is 7.75. The lowest BCUT2D eigenvalue weighted by Crippen LogP contribution is -2.44. The molecule has 0 unspecified atom stereocenters. The summed E-state index contributed by atoms with van der Waals surface area (Å²) in [5.74, 6) is -0.487. The van der Waals surface area contributed by atoms with Gasteiger partial charge >= 0.3 is 0 Å². The molecule has 3 saturated heterocycles. The van der Waals surface area contributed by atoms with Crippen LogP contribution < -0.4 is 4.90 Å². The van der Waals surface area contributed by atoms with Crippen molar-refractivity contribution in [2.24, 2.45) is 5.92 Å². The van der Waals surface area contributed by atoms with Crippen LogP contribution in [0.4, 0.5) is 5.69 Å². The second kappa shape index (κ2) is 6.26. The van der Waals surface area contributed by atoms with Gasteiger partial charge in [0.1, 0.15) is 6.04 Å². The van der Waals surface area contributed by atoms with Gasteiger partial charge in [0.15, 0.2) is 0 Å². The molecule has 144 valence electrons. The van der Waals surface area contributed by atoms with E-state index >= 15 is 0 Å². The zero-order valence-electron chi connectivity index (χ0n) is 16.6. The molecule has 2 aromatic rings. The van der Waals surface area contributed by atoms with E-state index in [1.165, 1.54) is 4.90 Å². The Bertz CT molecular complexity index is 948. The third-order valence-electron chi connectivity index (χ3n) is 6.41. The highest BCUT2D eigenvalue weighted by Crippen LogP contribution is 2.49. The Labute approximate surface area is 165 Å². The highest BCUT2D eigenvalue weighted by Gasteiger charge is 2.63. The van der Waals surface area contributed by atoms with Crippen molar-refractivity contribution >= 4 is 17.5 Å². The van der Waals surface area contributed by atoms with Crippen LogP contribution in [0.15, 0.2) is 42.5 Å². The van der Waals surface area contributed by atoms with Crippen molar-refractivity contribution < 1.29 is 9.59 Å². The first kappa shape index (κ1) is 17.6. The molecule has 3 aliphatic heterocycles. The first-order valence-corrected chi connectivity index (χ1v) is 10.0. The molecule has 3 aliphatic rings. The fraction of sp³-hybridized carbons (Fsp3) is 0.391. The highest BCUT2D eigenvalue weighted by molar-refractivity contribution is 6.24. The maximum absolute atomic E-state index is 13.7. The maximum atomic E-state index is 13.7. The fourth-order valence-electron chi connectivity index (χ4n) is 5.51. The van der Waals surface area contributed by atoms with Gasteiger partial charge in [0.05, 0.1) is 17.6 Å². The number of hydrogen-bond donors (Lipinski definition) is 0. The van der Waals surface area contributed by atoms with E-state index < -0.39 is 0 Å². The normalized spacial score (nSPS) is 27.5. The number of aryl methyl sites for hydroxylation is 3. The third-order valence-corrected chi connectivity index (χ3v) is 6.41. The number of amides is 2. The minimum atomic E-state index is -0.389. The molecule has 3 atom stereocenters. The van der Waals surface area contributed by atoms with E-state index in [4.69, 9.17) is 0 Å². The number of anilines is 1. The van der Waals surface area contributed by atoms with E-state index in [1.54, 1.807) is 0 Å². The van der Waals surface area contributed by atoms with Crippen LogP contribution in [0.3, 0.4) is 0 Å². The summed E-state index contributed by atoms with van der Waals surface area (Å²) in [6.07, 6.45) is 1.02. The van der Waals surface area contributed by atoms with E-state index in [0.717, 1.165) is 47.5 Å². The first-order chi connectivity index (χ1) is 13.5. The van der Waals surface area contributed by atoms with Gasteiger partial charge in [0.25, 0.3) is 5.91 Å². The molecule has 5 rings (SSSR count). The number of hydrogen-bond acceptors (Lipinski definition) is 4. The lowest BCUT2D eigenvalue weighted by atomic mass is 9.90. The van der Waals surface area contributed by atoms with Crippen molar-refractivity contribution in [2.45, 2.75) is 39.3 Å². The van der Waals surface area contributed by atoms with Gasteiger partial charge in [-0.2, -0.15) is 0 Å². The number of carbonyl (C=O) groups excluding carboxylic acids is 2. The van der Waals surface area contributed by atoms with Gasteiger partial charge in [-0.15, -0.1) is 0 Å². The van der Waals surface area contributed by atoms with Crippen LogP contribution in [0, 0.1) is 26.7 Å². The first-order valence-electron chi connectivity index (χ1n) is 10.0. The van der Waals surface area contributed by atoms with E-state index in [2.05, 4.69) is 22.2 Å². The monoisotopic (exact) mass is 375 g/mol. The van der Waals surface area contributed by atoms with E-state index in [0.29, 0.717) is 0 Å². The van der Waals surface area contributed by atoms with Gasteiger partial charge in [-0.1, -0.05) is 48.0 Å². The van der Waals surface area contributed by atoms with Crippen LogP contribution in [0.5, 0.6) is 0 Å². The molecule has 0 radical (unpaired) electrons. The smallest absolute Gasteiger partial charge is 0.253 e. The topological polar surface area (TPSA) is 43.9 Å². The van der Waals surface area contributed by atoms with Crippen LogP contribution >= 0.6 is 0 Å². The third kappa shape index (κ3) is 2.33. The molecule has 28 heavy (non-hydrogen) atoms. The molecule has 5 heteroatoms. The van der Waals surface area contributed by atoms with Gasteiger partial charge in [-0.3, -0.25) is 9.59 Å². The zero-order chi connectivity index (χ0) is 19.6. The molecule has 0 N–H and O–H groups in total. The average Bonchev–Trinajstić information content (AvgIpc) is 3.29. The zero-order valence-corrected chi connectivity index (χ0v) is 16.6. The molecule has 2 amide bonds. The summed E-state index contributed by atoms with van der Waals surface area (Å²) in [5, 5.41) is 4.41. The highest BCUT2D eigenvalue weighted by atomic mass is 16.2. The Kier molecular flexibility index (Phi) is 3.93. The lowest BCUT2D eigenvalue weighted by Gasteiger charge is -2.30. The molecule has 0 aromatic heterocycles. The van der Waals surface area contributed by atoms with Crippen molar-refractivity contribution in [1.82, 2.24) is 10.0 Å². The number of fused-ring (bicyclic) bond motifs is 3. The van der Waals surface area contributed by atoms with Gasteiger partial charge in [-0.25, -0.2) is 14.9 Å². The summed E-state index contributed by atoms with van der Waals surface area (Å²) in [6, 6.07) is 13.8. The molecule has 0 spiro atoms. The Morgan fingerprint density at radius 3 is 2.07 bits per heavy atom. The average molecular weight is 375 g/mol. The van der Waals surface area contributed by atoms with Crippen LogP contribution in [0.1, 0.15) is 34.7 Å². The summed E-state index contributed by atoms with van der Waals surface area (Å²) >= 11 is 0. The number of benzene rings is 2. The Balaban J connectivity index is 1.62. The summed E-state index contributed by atoms with van der Waals surface area (Å²) < 4.78 is 0. The number of hydrazine groups is 1. The second-order valence-electron chi connectivity index (χ2n) is 8.27. The Hall–Kier alpha value is -2.50. The van der Waals surface area contributed by atoms with Gasteiger partial charge in [0.2, 0.25) is 5.91 Å². The number of carbonyl (C=O) groups is 2. The van der Waals surface area contributed by atoms with Crippen molar-refractivity contribution in [3.63, 3.8) is 0 Å². The van der Waals surface area contributed by atoms with Gasteiger partial charge < -0.3 is 0 Å². The molecular formula is C23H25N3O2. The van der Waals surface area contributed by atoms with Crippen LogP contribution in [0.25, 0.3) is 0 Å². The van der Waals surface area contributed by atoms with Crippen LogP contribution in [-0.4, -0.2) is 41.0 Å². The molecule has 0 bridgehead atoms. The Morgan fingerprint density at radius 1 is 0.821 bits per heavy atom. The summed E-state index contributed by atoms with van der Waals surface area (Å²) in [5.41, 5.74) is 4.99. The second-order valence-corrected chi connectivity index (χ2v) is 8.27. The Morgan fingerprint density at radius 2 is 1.43 bits per heavy atom. The van der Waals surface area contributed by atoms with Crippen molar-refractivity contribution in [3.05, 3.63) is 64.7 Å². The van der Waals surface area contributed by atoms with Gasteiger partial charge in [0, 0.05) is 13.1 Å². The number of imide groups is 1. The minimum absolute atomic E-state index is 0.0618. The molecule has 0 aliphatic carbocycles. The van der Waals surface area contributed by atoms with E-state index in [1.807, 2.05) is 51.1 Å². The predicted molar refractivity (Wildman–Crippen MR) is 108 cm³/mol. The standard InChI is InChI=1S/C23H25N3O2/c1-14-12-15(2)19(16(3)13-14)26-22(27)18-20(17-8-5-4-6-9-17)24-10-7-11-25(24)21(18)23(26)28/h4-6,8-9,12-13,18,20-21H,7,10-11H2,1-3H3/t18-,20-,21-/m1/s1. The molecule has 0 saturated carbocycles. The summed E-state index contributed by atoms with van der Waals surface area (Å²) in [7, 11) is 0. The van der Waals surface area contributed by atoms with Crippen molar-refractivity contribution in [3.8, 4) is 0 Å². The molecule has 5 nitrogen and oxygen atoms in total. The van der Waals surface area contributed by atoms with Crippen LogP contribution in [0.2, 0.25) is 0 Å². The van der Waals surface area contributed by atoms with E-state index in [-0.39, 0.29) is 29.8 Å².